The van der Waals surface area contributed by atoms with Crippen LogP contribution in [0.25, 0.3) is 0 Å². The topological polar surface area (TPSA) is 54.5 Å². The zero-order valence-electron chi connectivity index (χ0n) is 12.1. The van der Waals surface area contributed by atoms with E-state index >= 15 is 0 Å². The normalized spacial score (nSPS) is 16.1. The summed E-state index contributed by atoms with van der Waals surface area (Å²) in [6.45, 7) is 0.527. The summed E-state index contributed by atoms with van der Waals surface area (Å²) in [4.78, 5) is 14.7. The maximum absolute atomic E-state index is 12.6. The largest absolute Gasteiger partial charge is 0.334 e. The van der Waals surface area contributed by atoms with E-state index in [9.17, 15) is 13.2 Å². The molecule has 0 bridgehead atoms. The van der Waals surface area contributed by atoms with E-state index in [2.05, 4.69) is 0 Å². The Morgan fingerprint density at radius 1 is 1.24 bits per heavy atom. The lowest BCUT2D eigenvalue weighted by molar-refractivity contribution is 0.0695. The fourth-order valence-electron chi connectivity index (χ4n) is 2.77. The van der Waals surface area contributed by atoms with Gasteiger partial charge in [-0.1, -0.05) is 12.8 Å². The molecule has 116 valence electrons. The van der Waals surface area contributed by atoms with E-state index < -0.39 is 9.84 Å². The summed E-state index contributed by atoms with van der Waals surface area (Å²) in [6, 6.07) is 6.38. The van der Waals surface area contributed by atoms with Crippen LogP contribution >= 0.6 is 11.6 Å². The van der Waals surface area contributed by atoms with Crippen LogP contribution < -0.4 is 0 Å². The van der Waals surface area contributed by atoms with Gasteiger partial charge in [-0.3, -0.25) is 4.79 Å². The summed E-state index contributed by atoms with van der Waals surface area (Å²) in [6.07, 6.45) is 5.48. The maximum atomic E-state index is 12.6. The Kier molecular flexibility index (Phi) is 5.27. The molecule has 2 rings (SSSR count). The van der Waals surface area contributed by atoms with E-state index in [0.717, 1.165) is 31.9 Å². The summed E-state index contributed by atoms with van der Waals surface area (Å²) >= 11 is 5.82. The molecule has 0 spiro atoms. The lowest BCUT2D eigenvalue weighted by Crippen LogP contribution is -2.40. The van der Waals surface area contributed by atoms with E-state index in [4.69, 9.17) is 11.6 Å². The SMILES string of the molecule is CS(=O)(=O)c1ccc(C(=O)N(CCCl)C2CCCC2)cc1. The van der Waals surface area contributed by atoms with Gasteiger partial charge in [-0.05, 0) is 37.1 Å². The van der Waals surface area contributed by atoms with Crippen LogP contribution in [0.15, 0.2) is 29.2 Å². The van der Waals surface area contributed by atoms with Crippen LogP contribution in [-0.2, 0) is 9.84 Å². The highest BCUT2D eigenvalue weighted by atomic mass is 35.5. The second-order valence-corrected chi connectivity index (χ2v) is 7.82. The van der Waals surface area contributed by atoms with Gasteiger partial charge < -0.3 is 4.90 Å². The number of nitrogens with zero attached hydrogens (tertiary/aromatic N) is 1. The molecule has 1 aliphatic carbocycles. The second-order valence-electron chi connectivity index (χ2n) is 5.42. The van der Waals surface area contributed by atoms with Crippen molar-refractivity contribution in [3.05, 3.63) is 29.8 Å². The van der Waals surface area contributed by atoms with E-state index in [1.165, 1.54) is 12.1 Å². The molecule has 21 heavy (non-hydrogen) atoms. The van der Waals surface area contributed by atoms with Crippen LogP contribution in [-0.4, -0.2) is 43.9 Å². The molecule has 4 nitrogen and oxygen atoms in total. The number of sulfone groups is 1. The van der Waals surface area contributed by atoms with Crippen molar-refractivity contribution in [3.63, 3.8) is 0 Å². The van der Waals surface area contributed by atoms with Crippen LogP contribution in [0.5, 0.6) is 0 Å². The molecule has 0 unspecified atom stereocenters. The number of amides is 1. The van der Waals surface area contributed by atoms with E-state index in [1.54, 1.807) is 12.1 Å². The second kappa shape index (κ2) is 6.79. The van der Waals surface area contributed by atoms with Crippen molar-refractivity contribution in [1.29, 1.82) is 0 Å². The monoisotopic (exact) mass is 329 g/mol. The molecular formula is C15H20ClNO3S. The quantitative estimate of drug-likeness (QED) is 0.780. The molecule has 0 aliphatic heterocycles. The fourth-order valence-corrected chi connectivity index (χ4v) is 3.58. The van der Waals surface area contributed by atoms with Gasteiger partial charge in [0.15, 0.2) is 9.84 Å². The molecule has 0 atom stereocenters. The van der Waals surface area contributed by atoms with Crippen molar-refractivity contribution in [2.45, 2.75) is 36.6 Å². The molecule has 6 heteroatoms. The first kappa shape index (κ1) is 16.3. The third kappa shape index (κ3) is 3.98. The standard InChI is InChI=1S/C15H20ClNO3S/c1-21(19,20)14-8-6-12(7-9-14)15(18)17(11-10-16)13-4-2-3-5-13/h6-9,13H,2-5,10-11H2,1H3. The number of hydrogen-bond donors (Lipinski definition) is 0. The first-order valence-electron chi connectivity index (χ1n) is 7.10. The van der Waals surface area contributed by atoms with Crippen molar-refractivity contribution in [3.8, 4) is 0 Å². The molecule has 1 aromatic carbocycles. The number of carbonyl (C=O) groups is 1. The molecular weight excluding hydrogens is 310 g/mol. The summed E-state index contributed by atoms with van der Waals surface area (Å²) in [5.74, 6) is 0.339. The molecule has 0 radical (unpaired) electrons. The summed E-state index contributed by atoms with van der Waals surface area (Å²) < 4.78 is 22.9. The molecule has 0 aromatic heterocycles. The molecule has 1 aromatic rings. The highest BCUT2D eigenvalue weighted by Gasteiger charge is 2.27. The highest BCUT2D eigenvalue weighted by molar-refractivity contribution is 7.90. The Hall–Kier alpha value is -1.07. The Morgan fingerprint density at radius 3 is 2.29 bits per heavy atom. The van der Waals surface area contributed by atoms with Crippen molar-refractivity contribution in [2.75, 3.05) is 18.7 Å². The number of carbonyl (C=O) groups excluding carboxylic acids is 1. The van der Waals surface area contributed by atoms with Gasteiger partial charge in [-0.15, -0.1) is 11.6 Å². The van der Waals surface area contributed by atoms with Crippen LogP contribution in [0.3, 0.4) is 0 Å². The predicted molar refractivity (Wildman–Crippen MR) is 83.6 cm³/mol. The zero-order chi connectivity index (χ0) is 15.5. The number of hydrogen-bond acceptors (Lipinski definition) is 3. The summed E-state index contributed by atoms with van der Waals surface area (Å²) in [5, 5.41) is 0. The smallest absolute Gasteiger partial charge is 0.254 e. The minimum absolute atomic E-state index is 0.0670. The minimum Gasteiger partial charge on any atom is -0.334 e. The van der Waals surface area contributed by atoms with E-state index in [-0.39, 0.29) is 16.8 Å². The first-order valence-corrected chi connectivity index (χ1v) is 9.53. The highest BCUT2D eigenvalue weighted by Crippen LogP contribution is 2.25. The molecule has 1 fully saturated rings. The maximum Gasteiger partial charge on any atom is 0.254 e. The van der Waals surface area contributed by atoms with Gasteiger partial charge in [0.25, 0.3) is 5.91 Å². The molecule has 0 saturated heterocycles. The van der Waals surface area contributed by atoms with Crippen molar-refractivity contribution in [2.24, 2.45) is 0 Å². The number of rotatable bonds is 5. The van der Waals surface area contributed by atoms with Gasteiger partial charge in [0.2, 0.25) is 0 Å². The lowest BCUT2D eigenvalue weighted by Gasteiger charge is -2.28. The van der Waals surface area contributed by atoms with Gasteiger partial charge in [0.1, 0.15) is 0 Å². The van der Waals surface area contributed by atoms with Crippen molar-refractivity contribution in [1.82, 2.24) is 4.90 Å². The zero-order valence-corrected chi connectivity index (χ0v) is 13.7. The Labute approximate surface area is 131 Å². The Morgan fingerprint density at radius 2 is 1.81 bits per heavy atom. The molecule has 0 heterocycles. The first-order chi connectivity index (χ1) is 9.93. The fraction of sp³-hybridized carbons (Fsp3) is 0.533. The van der Waals surface area contributed by atoms with Crippen LogP contribution in [0, 0.1) is 0 Å². The molecule has 1 aliphatic rings. The van der Waals surface area contributed by atoms with Gasteiger partial charge in [0, 0.05) is 30.3 Å². The average Bonchev–Trinajstić information content (AvgIpc) is 2.97. The van der Waals surface area contributed by atoms with E-state index in [0.29, 0.717) is 18.0 Å². The van der Waals surface area contributed by atoms with Crippen molar-refractivity contribution >= 4 is 27.3 Å². The van der Waals surface area contributed by atoms with Gasteiger partial charge in [0.05, 0.1) is 4.90 Å². The van der Waals surface area contributed by atoms with Crippen LogP contribution in [0.1, 0.15) is 36.0 Å². The minimum atomic E-state index is -3.24. The Balaban J connectivity index is 2.20. The van der Waals surface area contributed by atoms with E-state index in [1.807, 2.05) is 4.90 Å². The van der Waals surface area contributed by atoms with Crippen molar-refractivity contribution < 1.29 is 13.2 Å². The third-order valence-corrected chi connectivity index (χ3v) is 5.18. The number of benzene rings is 1. The van der Waals surface area contributed by atoms with Gasteiger partial charge >= 0.3 is 0 Å². The molecule has 1 saturated carbocycles. The van der Waals surface area contributed by atoms with Crippen LogP contribution in [0.4, 0.5) is 0 Å². The number of halogens is 1. The molecule has 1 amide bonds. The summed E-state index contributed by atoms with van der Waals surface area (Å²) in [5.41, 5.74) is 0.513. The van der Waals surface area contributed by atoms with Gasteiger partial charge in [-0.2, -0.15) is 0 Å². The van der Waals surface area contributed by atoms with Crippen LogP contribution in [0.2, 0.25) is 0 Å². The average molecular weight is 330 g/mol. The Bertz CT molecular complexity index is 592. The van der Waals surface area contributed by atoms with Gasteiger partial charge in [-0.25, -0.2) is 8.42 Å². The third-order valence-electron chi connectivity index (χ3n) is 3.88. The summed E-state index contributed by atoms with van der Waals surface area (Å²) in [7, 11) is -3.24. The molecule has 0 N–H and O–H groups in total. The predicted octanol–water partition coefficient (Wildman–Crippen LogP) is 2.71. The lowest BCUT2D eigenvalue weighted by atomic mass is 10.1. The number of alkyl halides is 1.